The molecule has 2 heterocycles. The molecule has 2 amide bonds. The third-order valence-corrected chi connectivity index (χ3v) is 3.12. The fourth-order valence-corrected chi connectivity index (χ4v) is 2.10. The number of carboxylic acid groups (broad SMARTS) is 1. The summed E-state index contributed by atoms with van der Waals surface area (Å²) in [5.74, 6) is 0.638. The van der Waals surface area contributed by atoms with Crippen molar-refractivity contribution in [2.75, 3.05) is 20.1 Å². The number of carbonyl (C=O) groups is 2. The number of likely N-dealkylation sites (N-methyl/N-ethyl adjacent to an activating group) is 1. The van der Waals surface area contributed by atoms with Gasteiger partial charge in [-0.25, -0.2) is 4.79 Å². The molecule has 0 aliphatic carbocycles. The number of aliphatic carboxylic acids is 1. The summed E-state index contributed by atoms with van der Waals surface area (Å²) in [7, 11) is 1.70. The quantitative estimate of drug-likeness (QED) is 0.880. The minimum absolute atomic E-state index is 0.0382. The maximum Gasteiger partial charge on any atom is 0.320 e. The van der Waals surface area contributed by atoms with Gasteiger partial charge in [0, 0.05) is 13.6 Å². The van der Waals surface area contributed by atoms with Gasteiger partial charge < -0.3 is 19.3 Å². The highest BCUT2D eigenvalue weighted by atomic mass is 16.4. The monoisotopic (exact) mass is 252 g/mol. The Labute approximate surface area is 105 Å². The van der Waals surface area contributed by atoms with Gasteiger partial charge in [0.2, 0.25) is 0 Å². The second kappa shape index (κ2) is 4.72. The fraction of sp³-hybridized carbons (Fsp3) is 0.500. The molecule has 1 unspecified atom stereocenters. The Hall–Kier alpha value is -1.98. The summed E-state index contributed by atoms with van der Waals surface area (Å²) in [5, 5.41) is 8.64. The first kappa shape index (κ1) is 12.5. The van der Waals surface area contributed by atoms with Gasteiger partial charge >= 0.3 is 12.0 Å². The molecule has 1 N–H and O–H groups in total. The summed E-state index contributed by atoms with van der Waals surface area (Å²) in [4.78, 5) is 25.6. The largest absolute Gasteiger partial charge is 0.481 e. The smallest absolute Gasteiger partial charge is 0.320 e. The number of carboxylic acids is 1. The van der Waals surface area contributed by atoms with Crippen molar-refractivity contribution in [2.24, 2.45) is 0 Å². The minimum atomic E-state index is -0.900. The van der Waals surface area contributed by atoms with E-state index in [1.807, 2.05) is 19.1 Å². The summed E-state index contributed by atoms with van der Waals surface area (Å²) in [5.41, 5.74) is 0. The Morgan fingerprint density at radius 1 is 1.56 bits per heavy atom. The lowest BCUT2D eigenvalue weighted by Gasteiger charge is -2.15. The van der Waals surface area contributed by atoms with Crippen molar-refractivity contribution in [3.63, 3.8) is 0 Å². The molecule has 1 saturated heterocycles. The highest BCUT2D eigenvalue weighted by Gasteiger charge is 2.37. The van der Waals surface area contributed by atoms with Crippen molar-refractivity contribution in [1.29, 1.82) is 0 Å². The number of hydrogen-bond acceptors (Lipinski definition) is 3. The molecule has 6 heteroatoms. The highest BCUT2D eigenvalue weighted by molar-refractivity contribution is 5.78. The molecule has 98 valence electrons. The molecule has 1 aliphatic rings. The van der Waals surface area contributed by atoms with Gasteiger partial charge in [0.15, 0.2) is 0 Å². The van der Waals surface area contributed by atoms with Crippen LogP contribution in [0.4, 0.5) is 4.79 Å². The molecule has 18 heavy (non-hydrogen) atoms. The van der Waals surface area contributed by atoms with E-state index in [2.05, 4.69) is 0 Å². The Bertz CT molecular complexity index is 468. The van der Waals surface area contributed by atoms with Gasteiger partial charge in [-0.15, -0.1) is 0 Å². The van der Waals surface area contributed by atoms with Crippen molar-refractivity contribution < 1.29 is 19.1 Å². The molecule has 0 aromatic carbocycles. The van der Waals surface area contributed by atoms with Crippen LogP contribution in [-0.2, 0) is 4.79 Å². The second-order valence-electron chi connectivity index (χ2n) is 4.45. The molecular formula is C12H16N2O4. The molecule has 1 atom stereocenters. The number of carbonyl (C=O) groups excluding carboxylic acids is 1. The van der Waals surface area contributed by atoms with Crippen molar-refractivity contribution in [3.05, 3.63) is 23.7 Å². The van der Waals surface area contributed by atoms with Crippen LogP contribution < -0.4 is 0 Å². The van der Waals surface area contributed by atoms with E-state index in [1.165, 1.54) is 4.90 Å². The van der Waals surface area contributed by atoms with Gasteiger partial charge in [-0.1, -0.05) is 0 Å². The number of amides is 2. The molecule has 0 spiro atoms. The molecule has 1 aromatic rings. The van der Waals surface area contributed by atoms with Crippen LogP contribution in [0.2, 0.25) is 0 Å². The van der Waals surface area contributed by atoms with Crippen molar-refractivity contribution in [1.82, 2.24) is 9.80 Å². The van der Waals surface area contributed by atoms with Crippen LogP contribution in [0.25, 0.3) is 0 Å². The van der Waals surface area contributed by atoms with Gasteiger partial charge in [0.05, 0.1) is 13.0 Å². The van der Waals surface area contributed by atoms with Crippen LogP contribution in [0.3, 0.4) is 0 Å². The van der Waals surface area contributed by atoms with E-state index >= 15 is 0 Å². The number of aryl methyl sites for hydroxylation is 1. The SMILES string of the molecule is Cc1ccc(C2CN(CCC(=O)O)C(=O)N2C)o1. The fourth-order valence-electron chi connectivity index (χ4n) is 2.10. The second-order valence-corrected chi connectivity index (χ2v) is 4.45. The first-order chi connectivity index (χ1) is 8.49. The molecule has 0 saturated carbocycles. The van der Waals surface area contributed by atoms with E-state index in [4.69, 9.17) is 9.52 Å². The van der Waals surface area contributed by atoms with E-state index in [1.54, 1.807) is 11.9 Å². The molecule has 0 bridgehead atoms. The minimum Gasteiger partial charge on any atom is -0.481 e. The summed E-state index contributed by atoms with van der Waals surface area (Å²) >= 11 is 0. The summed E-state index contributed by atoms with van der Waals surface area (Å²) < 4.78 is 5.52. The van der Waals surface area contributed by atoms with Crippen molar-refractivity contribution >= 4 is 12.0 Å². The Kier molecular flexibility index (Phi) is 3.27. The molecule has 1 aromatic heterocycles. The summed E-state index contributed by atoms with van der Waals surface area (Å²) in [6.45, 7) is 2.55. The maximum absolute atomic E-state index is 11.9. The normalized spacial score (nSPS) is 19.7. The van der Waals surface area contributed by atoms with E-state index in [-0.39, 0.29) is 25.0 Å². The van der Waals surface area contributed by atoms with Gasteiger partial charge in [0.25, 0.3) is 0 Å². The van der Waals surface area contributed by atoms with Gasteiger partial charge in [-0.3, -0.25) is 4.79 Å². The lowest BCUT2D eigenvalue weighted by molar-refractivity contribution is -0.137. The van der Waals surface area contributed by atoms with Gasteiger partial charge in [-0.2, -0.15) is 0 Å². The van der Waals surface area contributed by atoms with Crippen LogP contribution in [0.15, 0.2) is 16.5 Å². The molecule has 0 radical (unpaired) electrons. The highest BCUT2D eigenvalue weighted by Crippen LogP contribution is 2.29. The number of rotatable bonds is 4. The first-order valence-electron chi connectivity index (χ1n) is 5.79. The number of nitrogens with zero attached hydrogens (tertiary/aromatic N) is 2. The molecule has 6 nitrogen and oxygen atoms in total. The Balaban J connectivity index is 2.07. The van der Waals surface area contributed by atoms with Crippen LogP contribution in [0, 0.1) is 6.92 Å². The standard InChI is InChI=1S/C12H16N2O4/c1-8-3-4-10(18-8)9-7-14(6-5-11(15)16)12(17)13(9)2/h3-4,9H,5-7H2,1-2H3,(H,15,16). The zero-order valence-corrected chi connectivity index (χ0v) is 10.4. The lowest BCUT2D eigenvalue weighted by atomic mass is 10.2. The Morgan fingerprint density at radius 3 is 2.83 bits per heavy atom. The van der Waals surface area contributed by atoms with Crippen molar-refractivity contribution in [3.8, 4) is 0 Å². The van der Waals surface area contributed by atoms with E-state index < -0.39 is 5.97 Å². The summed E-state index contributed by atoms with van der Waals surface area (Å²) in [6, 6.07) is 3.41. The molecule has 1 fully saturated rings. The van der Waals surface area contributed by atoms with E-state index in [0.717, 1.165) is 11.5 Å². The van der Waals surface area contributed by atoms with Crippen molar-refractivity contribution in [2.45, 2.75) is 19.4 Å². The number of urea groups is 1. The van der Waals surface area contributed by atoms with Crippen LogP contribution in [0.5, 0.6) is 0 Å². The maximum atomic E-state index is 11.9. The zero-order valence-electron chi connectivity index (χ0n) is 10.4. The summed E-state index contributed by atoms with van der Waals surface area (Å²) in [6.07, 6.45) is -0.0382. The van der Waals surface area contributed by atoms with Gasteiger partial charge in [0.1, 0.15) is 17.6 Å². The van der Waals surface area contributed by atoms with Crippen LogP contribution in [-0.4, -0.2) is 47.0 Å². The van der Waals surface area contributed by atoms with Crippen LogP contribution >= 0.6 is 0 Å². The third-order valence-electron chi connectivity index (χ3n) is 3.12. The zero-order chi connectivity index (χ0) is 13.3. The van der Waals surface area contributed by atoms with E-state index in [9.17, 15) is 9.59 Å². The predicted molar refractivity (Wildman–Crippen MR) is 63.2 cm³/mol. The first-order valence-corrected chi connectivity index (χ1v) is 5.79. The Morgan fingerprint density at radius 2 is 2.28 bits per heavy atom. The average molecular weight is 252 g/mol. The van der Waals surface area contributed by atoms with Gasteiger partial charge in [-0.05, 0) is 19.1 Å². The lowest BCUT2D eigenvalue weighted by Crippen LogP contribution is -2.31. The van der Waals surface area contributed by atoms with E-state index in [0.29, 0.717) is 6.54 Å². The predicted octanol–water partition coefficient (Wildman–Crippen LogP) is 1.47. The molecular weight excluding hydrogens is 236 g/mol. The third kappa shape index (κ3) is 2.32. The topological polar surface area (TPSA) is 74.0 Å². The average Bonchev–Trinajstić information content (AvgIpc) is 2.84. The molecule has 1 aliphatic heterocycles. The van der Waals surface area contributed by atoms with Crippen LogP contribution in [0.1, 0.15) is 24.0 Å². The number of furan rings is 1. The number of hydrogen-bond donors (Lipinski definition) is 1. The molecule has 2 rings (SSSR count).